The Balaban J connectivity index is 2.15. The Morgan fingerprint density at radius 1 is 1.25 bits per heavy atom. The fourth-order valence-corrected chi connectivity index (χ4v) is 2.59. The molecule has 3 atom stereocenters. The lowest BCUT2D eigenvalue weighted by atomic mass is 9.81. The third kappa shape index (κ3) is 6.11. The number of aliphatic hydroxyl groups excluding tert-OH is 1. The van der Waals surface area contributed by atoms with Crippen LogP contribution >= 0.6 is 0 Å². The molecule has 0 aliphatic heterocycles. The molecule has 0 aromatic heterocycles. The lowest BCUT2D eigenvalue weighted by molar-refractivity contribution is -0.0455. The average molecular weight is 285 g/mol. The SMILES string of the molecule is CC1CCCCC1OCC(O)CNCC(C)(C)C(C)C. The molecule has 1 aliphatic carbocycles. The van der Waals surface area contributed by atoms with Gasteiger partial charge in [-0.05, 0) is 30.1 Å². The van der Waals surface area contributed by atoms with E-state index in [0.717, 1.165) is 13.0 Å². The molecule has 3 nitrogen and oxygen atoms in total. The summed E-state index contributed by atoms with van der Waals surface area (Å²) in [5, 5.41) is 13.4. The van der Waals surface area contributed by atoms with Crippen molar-refractivity contribution < 1.29 is 9.84 Å². The number of aliphatic hydroxyl groups is 1. The molecule has 0 heterocycles. The summed E-state index contributed by atoms with van der Waals surface area (Å²) in [6, 6.07) is 0. The topological polar surface area (TPSA) is 41.5 Å². The molecule has 1 rings (SSSR count). The minimum atomic E-state index is -0.396. The first kappa shape index (κ1) is 17.9. The number of ether oxygens (including phenoxy) is 1. The van der Waals surface area contributed by atoms with Gasteiger partial charge in [-0.1, -0.05) is 47.5 Å². The van der Waals surface area contributed by atoms with Crippen LogP contribution in [-0.2, 0) is 4.74 Å². The van der Waals surface area contributed by atoms with E-state index in [4.69, 9.17) is 4.74 Å². The summed E-state index contributed by atoms with van der Waals surface area (Å²) in [5.74, 6) is 1.27. The summed E-state index contributed by atoms with van der Waals surface area (Å²) in [6.07, 6.45) is 4.97. The molecule has 0 aromatic carbocycles. The second-order valence-electron chi connectivity index (χ2n) is 7.56. The summed E-state index contributed by atoms with van der Waals surface area (Å²) in [4.78, 5) is 0. The van der Waals surface area contributed by atoms with Crippen molar-refractivity contribution >= 4 is 0 Å². The van der Waals surface area contributed by atoms with E-state index in [1.807, 2.05) is 0 Å². The Bertz CT molecular complexity index is 266. The van der Waals surface area contributed by atoms with Crippen molar-refractivity contribution in [2.75, 3.05) is 19.7 Å². The van der Waals surface area contributed by atoms with Gasteiger partial charge >= 0.3 is 0 Å². The van der Waals surface area contributed by atoms with Crippen LogP contribution in [-0.4, -0.2) is 37.0 Å². The lowest BCUT2D eigenvalue weighted by Crippen LogP contribution is -2.39. The van der Waals surface area contributed by atoms with Gasteiger partial charge in [-0.3, -0.25) is 0 Å². The van der Waals surface area contributed by atoms with Crippen molar-refractivity contribution in [3.63, 3.8) is 0 Å². The van der Waals surface area contributed by atoms with Crippen molar-refractivity contribution in [2.24, 2.45) is 17.3 Å². The first-order valence-electron chi connectivity index (χ1n) is 8.33. The van der Waals surface area contributed by atoms with Gasteiger partial charge in [0.15, 0.2) is 0 Å². The van der Waals surface area contributed by atoms with Gasteiger partial charge in [0, 0.05) is 13.1 Å². The first-order valence-corrected chi connectivity index (χ1v) is 8.33. The van der Waals surface area contributed by atoms with Crippen LogP contribution in [0.4, 0.5) is 0 Å². The van der Waals surface area contributed by atoms with Gasteiger partial charge in [0.1, 0.15) is 0 Å². The van der Waals surface area contributed by atoms with Crippen molar-refractivity contribution in [1.82, 2.24) is 5.32 Å². The molecule has 120 valence electrons. The van der Waals surface area contributed by atoms with Crippen LogP contribution in [0.2, 0.25) is 0 Å². The molecule has 3 unspecified atom stereocenters. The zero-order valence-electron chi connectivity index (χ0n) is 14.1. The minimum absolute atomic E-state index is 0.262. The molecule has 0 spiro atoms. The molecule has 0 aromatic rings. The fraction of sp³-hybridized carbons (Fsp3) is 1.00. The molecule has 0 radical (unpaired) electrons. The standard InChI is InChI=1S/C17H35NO2/c1-13(2)17(4,5)12-18-10-15(19)11-20-16-9-7-6-8-14(16)3/h13-16,18-19H,6-12H2,1-5H3. The third-order valence-electron chi connectivity index (χ3n) is 5.06. The second-order valence-corrected chi connectivity index (χ2v) is 7.56. The summed E-state index contributed by atoms with van der Waals surface area (Å²) in [6.45, 7) is 13.3. The maximum Gasteiger partial charge on any atom is 0.0897 e. The quantitative estimate of drug-likeness (QED) is 0.719. The van der Waals surface area contributed by atoms with Crippen LogP contribution in [0.3, 0.4) is 0 Å². The van der Waals surface area contributed by atoms with Crippen LogP contribution in [0, 0.1) is 17.3 Å². The fourth-order valence-electron chi connectivity index (χ4n) is 2.59. The average Bonchev–Trinajstić information content (AvgIpc) is 2.37. The maximum atomic E-state index is 10.0. The highest BCUT2D eigenvalue weighted by Crippen LogP contribution is 2.26. The summed E-state index contributed by atoms with van der Waals surface area (Å²) >= 11 is 0. The highest BCUT2D eigenvalue weighted by atomic mass is 16.5. The van der Waals surface area contributed by atoms with Crippen LogP contribution in [0.1, 0.15) is 60.3 Å². The molecule has 1 saturated carbocycles. The molecule has 1 aliphatic rings. The van der Waals surface area contributed by atoms with E-state index in [2.05, 4.69) is 39.9 Å². The van der Waals surface area contributed by atoms with E-state index in [1.54, 1.807) is 0 Å². The van der Waals surface area contributed by atoms with Crippen LogP contribution < -0.4 is 5.32 Å². The van der Waals surface area contributed by atoms with Crippen LogP contribution in [0.15, 0.2) is 0 Å². The Hall–Kier alpha value is -0.120. The molecular formula is C17H35NO2. The molecular weight excluding hydrogens is 250 g/mol. The van der Waals surface area contributed by atoms with Crippen molar-refractivity contribution in [2.45, 2.75) is 72.5 Å². The van der Waals surface area contributed by atoms with E-state index >= 15 is 0 Å². The lowest BCUT2D eigenvalue weighted by Gasteiger charge is -2.31. The van der Waals surface area contributed by atoms with E-state index < -0.39 is 6.10 Å². The molecule has 0 bridgehead atoms. The monoisotopic (exact) mass is 285 g/mol. The van der Waals surface area contributed by atoms with Crippen molar-refractivity contribution in [1.29, 1.82) is 0 Å². The predicted octanol–water partition coefficient (Wildman–Crippen LogP) is 3.21. The summed E-state index contributed by atoms with van der Waals surface area (Å²) in [7, 11) is 0. The van der Waals surface area contributed by atoms with Crippen LogP contribution in [0.5, 0.6) is 0 Å². The van der Waals surface area contributed by atoms with Crippen LogP contribution in [0.25, 0.3) is 0 Å². The first-order chi connectivity index (χ1) is 9.33. The normalized spacial score (nSPS) is 25.9. The third-order valence-corrected chi connectivity index (χ3v) is 5.06. The largest absolute Gasteiger partial charge is 0.389 e. The van der Waals surface area contributed by atoms with Gasteiger partial charge in [0.25, 0.3) is 0 Å². The Morgan fingerprint density at radius 2 is 1.90 bits per heavy atom. The minimum Gasteiger partial charge on any atom is -0.389 e. The van der Waals surface area contributed by atoms with Crippen molar-refractivity contribution in [3.8, 4) is 0 Å². The molecule has 20 heavy (non-hydrogen) atoms. The number of hydrogen-bond acceptors (Lipinski definition) is 3. The Labute approximate surface area is 125 Å². The predicted molar refractivity (Wildman–Crippen MR) is 84.9 cm³/mol. The Kier molecular flexibility index (Phi) is 7.49. The maximum absolute atomic E-state index is 10.0. The summed E-state index contributed by atoms with van der Waals surface area (Å²) < 4.78 is 5.90. The van der Waals surface area contributed by atoms with Gasteiger partial charge in [-0.25, -0.2) is 0 Å². The number of rotatable bonds is 8. The number of hydrogen-bond donors (Lipinski definition) is 2. The second kappa shape index (κ2) is 8.35. The Morgan fingerprint density at radius 3 is 2.50 bits per heavy atom. The zero-order valence-corrected chi connectivity index (χ0v) is 14.1. The van der Waals surface area contributed by atoms with E-state index in [1.165, 1.54) is 19.3 Å². The molecule has 2 N–H and O–H groups in total. The molecule has 3 heteroatoms. The van der Waals surface area contributed by atoms with Gasteiger partial charge < -0.3 is 15.2 Å². The van der Waals surface area contributed by atoms with Gasteiger partial charge in [0.05, 0.1) is 18.8 Å². The molecule has 0 amide bonds. The van der Waals surface area contributed by atoms with Gasteiger partial charge in [0.2, 0.25) is 0 Å². The van der Waals surface area contributed by atoms with E-state index in [0.29, 0.717) is 31.1 Å². The highest BCUT2D eigenvalue weighted by Gasteiger charge is 2.24. The molecule has 1 fully saturated rings. The molecule has 0 saturated heterocycles. The van der Waals surface area contributed by atoms with Crippen molar-refractivity contribution in [3.05, 3.63) is 0 Å². The highest BCUT2D eigenvalue weighted by molar-refractivity contribution is 4.76. The number of nitrogens with one attached hydrogen (secondary N) is 1. The van der Waals surface area contributed by atoms with E-state index in [-0.39, 0.29) is 5.41 Å². The smallest absolute Gasteiger partial charge is 0.0897 e. The van der Waals surface area contributed by atoms with Gasteiger partial charge in [-0.15, -0.1) is 0 Å². The van der Waals surface area contributed by atoms with Gasteiger partial charge in [-0.2, -0.15) is 0 Å². The summed E-state index contributed by atoms with van der Waals surface area (Å²) in [5.41, 5.74) is 0.262. The van der Waals surface area contributed by atoms with E-state index in [9.17, 15) is 5.11 Å². The zero-order chi connectivity index (χ0) is 15.2.